The highest BCUT2D eigenvalue weighted by Crippen LogP contribution is 2.32. The van der Waals surface area contributed by atoms with Crippen LogP contribution in [0.2, 0.25) is 5.02 Å². The Labute approximate surface area is 172 Å². The third kappa shape index (κ3) is 5.66. The Balaban J connectivity index is 1.67. The van der Waals surface area contributed by atoms with Gasteiger partial charge in [-0.3, -0.25) is 0 Å². The van der Waals surface area contributed by atoms with Gasteiger partial charge in [0.1, 0.15) is 10.8 Å². The van der Waals surface area contributed by atoms with Gasteiger partial charge in [0.25, 0.3) is 0 Å². The Morgan fingerprint density at radius 3 is 2.52 bits per heavy atom. The normalized spacial score (nSPS) is 11.7. The summed E-state index contributed by atoms with van der Waals surface area (Å²) in [6, 6.07) is 17.6. The zero-order valence-electron chi connectivity index (χ0n) is 14.4. The molecule has 0 fully saturated rings. The summed E-state index contributed by atoms with van der Waals surface area (Å²) < 4.78 is 13.1. The van der Waals surface area contributed by atoms with E-state index in [2.05, 4.69) is 15.6 Å². The molecule has 0 bridgehead atoms. The van der Waals surface area contributed by atoms with E-state index in [0.717, 1.165) is 21.2 Å². The molecule has 3 nitrogen and oxygen atoms in total. The average molecular weight is 418 g/mol. The third-order valence-corrected chi connectivity index (χ3v) is 5.26. The summed E-state index contributed by atoms with van der Waals surface area (Å²) in [7, 11) is 0. The van der Waals surface area contributed by atoms with Gasteiger partial charge >= 0.3 is 0 Å². The molecule has 138 valence electrons. The van der Waals surface area contributed by atoms with Gasteiger partial charge < -0.3 is 10.6 Å². The number of rotatable bonds is 5. The van der Waals surface area contributed by atoms with Crippen LogP contribution in [0.15, 0.2) is 76.8 Å². The van der Waals surface area contributed by atoms with Crippen LogP contribution in [-0.2, 0) is 0 Å². The van der Waals surface area contributed by atoms with Crippen molar-refractivity contribution in [2.24, 2.45) is 0 Å². The van der Waals surface area contributed by atoms with Crippen molar-refractivity contribution in [3.05, 3.63) is 83.3 Å². The van der Waals surface area contributed by atoms with Crippen LogP contribution in [-0.4, -0.2) is 10.1 Å². The minimum Gasteiger partial charge on any atom is -0.356 e. The van der Waals surface area contributed by atoms with Crippen molar-refractivity contribution in [3.8, 4) is 0 Å². The van der Waals surface area contributed by atoms with Crippen LogP contribution in [0.4, 0.5) is 10.1 Å². The average Bonchev–Trinajstić information content (AvgIpc) is 2.65. The molecule has 3 rings (SSSR count). The van der Waals surface area contributed by atoms with Gasteiger partial charge in [-0.25, -0.2) is 9.37 Å². The number of hydrogen-bond acceptors (Lipinski definition) is 3. The van der Waals surface area contributed by atoms with Gasteiger partial charge in [0.2, 0.25) is 0 Å². The fourth-order valence-electron chi connectivity index (χ4n) is 2.37. The maximum absolute atomic E-state index is 13.1. The van der Waals surface area contributed by atoms with E-state index in [9.17, 15) is 4.39 Å². The van der Waals surface area contributed by atoms with Crippen LogP contribution in [0, 0.1) is 5.82 Å². The van der Waals surface area contributed by atoms with Crippen LogP contribution in [0.5, 0.6) is 0 Å². The summed E-state index contributed by atoms with van der Waals surface area (Å²) in [5.74, 6) is -0.258. The van der Waals surface area contributed by atoms with Crippen molar-refractivity contribution in [1.82, 2.24) is 10.3 Å². The first-order chi connectivity index (χ1) is 13.0. The predicted molar refractivity (Wildman–Crippen MR) is 114 cm³/mol. The second-order valence-corrected chi connectivity index (χ2v) is 7.69. The molecule has 0 aliphatic carbocycles. The number of halogens is 2. The summed E-state index contributed by atoms with van der Waals surface area (Å²) in [5, 5.41) is 8.36. The molecule has 0 amide bonds. The van der Waals surface area contributed by atoms with Crippen LogP contribution in [0.25, 0.3) is 0 Å². The minimum atomic E-state index is -0.258. The molecule has 2 N–H and O–H groups in total. The molecular formula is C20H17ClFN3S2. The Bertz CT molecular complexity index is 917. The highest BCUT2D eigenvalue weighted by Gasteiger charge is 2.10. The Morgan fingerprint density at radius 2 is 1.81 bits per heavy atom. The van der Waals surface area contributed by atoms with E-state index in [-0.39, 0.29) is 11.9 Å². The molecule has 0 saturated carbocycles. The molecule has 1 unspecified atom stereocenters. The van der Waals surface area contributed by atoms with Crippen LogP contribution in [0.1, 0.15) is 18.5 Å². The standard InChI is InChI=1S/C20H17ClFN3S2/c1-13(14-4-8-16(22)9-5-14)24-20(26)25-18-3-2-12-23-19(18)27-17-10-6-15(21)7-11-17/h2-13H,1H3,(H2,24,25,26). The second-order valence-electron chi connectivity index (χ2n) is 5.78. The van der Waals surface area contributed by atoms with Gasteiger partial charge in [0.15, 0.2) is 5.11 Å². The minimum absolute atomic E-state index is 0.0605. The van der Waals surface area contributed by atoms with E-state index in [0.29, 0.717) is 10.1 Å². The van der Waals surface area contributed by atoms with Crippen molar-refractivity contribution in [2.45, 2.75) is 22.9 Å². The molecule has 0 spiro atoms. The predicted octanol–water partition coefficient (Wildman–Crippen LogP) is 6.07. The molecule has 3 aromatic rings. The van der Waals surface area contributed by atoms with E-state index in [4.69, 9.17) is 23.8 Å². The number of anilines is 1. The number of nitrogens with one attached hydrogen (secondary N) is 2. The topological polar surface area (TPSA) is 37.0 Å². The monoisotopic (exact) mass is 417 g/mol. The maximum Gasteiger partial charge on any atom is 0.171 e. The van der Waals surface area contributed by atoms with Crippen molar-refractivity contribution >= 4 is 46.4 Å². The SMILES string of the molecule is CC(NC(=S)Nc1cccnc1Sc1ccc(Cl)cc1)c1ccc(F)cc1. The van der Waals surface area contributed by atoms with Gasteiger partial charge in [-0.1, -0.05) is 35.5 Å². The van der Waals surface area contributed by atoms with Crippen molar-refractivity contribution in [2.75, 3.05) is 5.32 Å². The highest BCUT2D eigenvalue weighted by atomic mass is 35.5. The van der Waals surface area contributed by atoms with E-state index in [1.165, 1.54) is 23.9 Å². The van der Waals surface area contributed by atoms with E-state index >= 15 is 0 Å². The molecule has 7 heteroatoms. The van der Waals surface area contributed by atoms with Gasteiger partial charge in [-0.05, 0) is 73.2 Å². The van der Waals surface area contributed by atoms with Gasteiger partial charge in [0, 0.05) is 16.1 Å². The molecule has 0 aliphatic heterocycles. The number of aromatic nitrogens is 1. The fourth-order valence-corrected chi connectivity index (χ4v) is 3.62. The molecule has 1 heterocycles. The first-order valence-corrected chi connectivity index (χ1v) is 9.83. The summed E-state index contributed by atoms with van der Waals surface area (Å²) in [5.41, 5.74) is 1.75. The lowest BCUT2D eigenvalue weighted by atomic mass is 10.1. The number of nitrogens with zero attached hydrogens (tertiary/aromatic N) is 1. The van der Waals surface area contributed by atoms with Crippen LogP contribution >= 0.6 is 35.6 Å². The molecule has 1 aromatic heterocycles. The zero-order valence-corrected chi connectivity index (χ0v) is 16.8. The summed E-state index contributed by atoms with van der Waals surface area (Å²) in [4.78, 5) is 5.46. The smallest absolute Gasteiger partial charge is 0.171 e. The lowest BCUT2D eigenvalue weighted by Gasteiger charge is -2.18. The highest BCUT2D eigenvalue weighted by molar-refractivity contribution is 7.99. The molecular weight excluding hydrogens is 401 g/mol. The van der Waals surface area contributed by atoms with E-state index in [1.807, 2.05) is 43.3 Å². The van der Waals surface area contributed by atoms with Crippen molar-refractivity contribution in [3.63, 3.8) is 0 Å². The first kappa shape index (κ1) is 19.6. The molecule has 2 aromatic carbocycles. The zero-order chi connectivity index (χ0) is 19.2. The fraction of sp³-hybridized carbons (Fsp3) is 0.100. The van der Waals surface area contributed by atoms with E-state index in [1.54, 1.807) is 18.3 Å². The van der Waals surface area contributed by atoms with Crippen LogP contribution in [0.3, 0.4) is 0 Å². The first-order valence-electron chi connectivity index (χ1n) is 8.22. The van der Waals surface area contributed by atoms with Gasteiger partial charge in [-0.2, -0.15) is 0 Å². The Hall–Kier alpha value is -2.15. The summed E-state index contributed by atoms with van der Waals surface area (Å²) in [6.45, 7) is 1.97. The molecule has 1 atom stereocenters. The summed E-state index contributed by atoms with van der Waals surface area (Å²) in [6.07, 6.45) is 1.74. The molecule has 0 saturated heterocycles. The lowest BCUT2D eigenvalue weighted by Crippen LogP contribution is -2.31. The van der Waals surface area contributed by atoms with E-state index < -0.39 is 0 Å². The number of pyridine rings is 1. The van der Waals surface area contributed by atoms with Crippen molar-refractivity contribution in [1.29, 1.82) is 0 Å². The molecule has 0 aliphatic rings. The summed E-state index contributed by atoms with van der Waals surface area (Å²) >= 11 is 12.9. The Kier molecular flexibility index (Phi) is 6.66. The van der Waals surface area contributed by atoms with Gasteiger partial charge in [-0.15, -0.1) is 0 Å². The second kappa shape index (κ2) is 9.17. The quantitative estimate of drug-likeness (QED) is 0.492. The molecule has 0 radical (unpaired) electrons. The van der Waals surface area contributed by atoms with Crippen molar-refractivity contribution < 1.29 is 4.39 Å². The number of thiocarbonyl (C=S) groups is 1. The maximum atomic E-state index is 13.1. The Morgan fingerprint density at radius 1 is 1.11 bits per heavy atom. The van der Waals surface area contributed by atoms with Gasteiger partial charge in [0.05, 0.1) is 11.7 Å². The molecule has 27 heavy (non-hydrogen) atoms. The largest absolute Gasteiger partial charge is 0.356 e. The third-order valence-electron chi connectivity index (χ3n) is 3.77. The number of hydrogen-bond donors (Lipinski definition) is 2. The number of benzene rings is 2. The lowest BCUT2D eigenvalue weighted by molar-refractivity contribution is 0.624. The van der Waals surface area contributed by atoms with Crippen LogP contribution < -0.4 is 10.6 Å².